The molecule has 0 heterocycles. The number of hydrogen-bond donors (Lipinski definition) is 3. The molecule has 0 fully saturated rings. The fraction of sp³-hybridized carbons (Fsp3) is 0.222. The maximum Gasteiger partial charge on any atom is 0.232 e. The van der Waals surface area contributed by atoms with E-state index < -0.39 is 0 Å². The van der Waals surface area contributed by atoms with Crippen LogP contribution in [0.1, 0.15) is 5.56 Å². The van der Waals surface area contributed by atoms with Crippen molar-refractivity contribution in [3.8, 4) is 0 Å². The molecule has 0 radical (unpaired) electrons. The molecule has 0 bridgehead atoms. The lowest BCUT2D eigenvalue weighted by atomic mass is 10.2. The minimum atomic E-state index is -0.374. The number of rotatable bonds is 5. The average Bonchev–Trinajstić information content (AvgIpc) is 2.14. The highest BCUT2D eigenvalue weighted by molar-refractivity contribution is 5.75. The summed E-state index contributed by atoms with van der Waals surface area (Å²) in [7, 11) is 0. The summed E-state index contributed by atoms with van der Waals surface area (Å²) in [5.41, 5.74) is 11.7. The molecule has 0 spiro atoms. The summed E-state index contributed by atoms with van der Waals surface area (Å²) in [6.07, 6.45) is 0. The third-order valence-corrected chi connectivity index (χ3v) is 1.52. The molecule has 0 saturated heterocycles. The highest BCUT2D eigenvalue weighted by atomic mass is 16.1. The third-order valence-electron chi connectivity index (χ3n) is 1.52. The summed E-state index contributed by atoms with van der Waals surface area (Å²) in [5.74, 6) is -0.374. The topological polar surface area (TPSA) is 67.2 Å². The zero-order valence-electron chi connectivity index (χ0n) is 7.29. The number of carbonyl (C=O) groups is 1. The van der Waals surface area contributed by atoms with E-state index in [1.807, 2.05) is 30.3 Å². The Morgan fingerprint density at radius 2 is 1.92 bits per heavy atom. The zero-order valence-corrected chi connectivity index (χ0v) is 7.29. The van der Waals surface area contributed by atoms with Gasteiger partial charge in [-0.3, -0.25) is 10.2 Å². The number of benzene rings is 1. The molecule has 0 aliphatic carbocycles. The first-order valence-electron chi connectivity index (χ1n) is 4.07. The second kappa shape index (κ2) is 5.29. The van der Waals surface area contributed by atoms with Crippen molar-refractivity contribution in [3.05, 3.63) is 35.9 Å². The van der Waals surface area contributed by atoms with Gasteiger partial charge in [0.05, 0.1) is 6.54 Å². The van der Waals surface area contributed by atoms with Gasteiger partial charge in [-0.2, -0.15) is 0 Å². The Balaban J connectivity index is 2.17. The van der Waals surface area contributed by atoms with E-state index >= 15 is 0 Å². The van der Waals surface area contributed by atoms with Crippen LogP contribution in [-0.2, 0) is 11.3 Å². The van der Waals surface area contributed by atoms with Crippen LogP contribution < -0.4 is 16.6 Å². The van der Waals surface area contributed by atoms with Gasteiger partial charge in [-0.1, -0.05) is 30.3 Å². The molecule has 0 saturated carbocycles. The number of nitrogens with two attached hydrogens (primary N) is 1. The van der Waals surface area contributed by atoms with Crippen molar-refractivity contribution in [1.82, 2.24) is 10.9 Å². The predicted molar refractivity (Wildman–Crippen MR) is 50.5 cm³/mol. The van der Waals surface area contributed by atoms with Gasteiger partial charge in [-0.25, -0.2) is 5.43 Å². The van der Waals surface area contributed by atoms with Gasteiger partial charge in [-0.15, -0.1) is 0 Å². The van der Waals surface area contributed by atoms with E-state index in [4.69, 9.17) is 5.73 Å². The Morgan fingerprint density at radius 1 is 1.23 bits per heavy atom. The Labute approximate surface area is 77.1 Å². The average molecular weight is 179 g/mol. The van der Waals surface area contributed by atoms with E-state index in [2.05, 4.69) is 10.9 Å². The van der Waals surface area contributed by atoms with E-state index in [-0.39, 0.29) is 12.5 Å². The van der Waals surface area contributed by atoms with Gasteiger partial charge in [0.25, 0.3) is 0 Å². The standard InChI is InChI=1S/C9H13N3O/c10-9(13)7-12-11-6-8-4-2-1-3-5-8/h1-5,11-12H,6-7H2,(H2,10,13). The molecule has 1 rings (SSSR count). The number of carbonyl (C=O) groups excluding carboxylic acids is 1. The molecular formula is C9H13N3O. The molecule has 4 N–H and O–H groups in total. The van der Waals surface area contributed by atoms with Crippen molar-refractivity contribution >= 4 is 5.91 Å². The Bertz CT molecular complexity index is 261. The van der Waals surface area contributed by atoms with E-state index in [0.29, 0.717) is 6.54 Å². The smallest absolute Gasteiger partial charge is 0.232 e. The van der Waals surface area contributed by atoms with Crippen LogP contribution in [0.3, 0.4) is 0 Å². The van der Waals surface area contributed by atoms with E-state index in [1.54, 1.807) is 0 Å². The first-order valence-corrected chi connectivity index (χ1v) is 4.07. The zero-order chi connectivity index (χ0) is 9.52. The summed E-state index contributed by atoms with van der Waals surface area (Å²) in [6, 6.07) is 9.88. The molecule has 0 aliphatic rings. The van der Waals surface area contributed by atoms with Crippen LogP contribution in [0.2, 0.25) is 0 Å². The van der Waals surface area contributed by atoms with Crippen molar-refractivity contribution in [2.24, 2.45) is 5.73 Å². The third kappa shape index (κ3) is 4.25. The Morgan fingerprint density at radius 3 is 2.54 bits per heavy atom. The minimum absolute atomic E-state index is 0.146. The molecule has 0 aliphatic heterocycles. The fourth-order valence-electron chi connectivity index (χ4n) is 0.910. The maximum atomic E-state index is 10.3. The molecule has 0 unspecified atom stereocenters. The van der Waals surface area contributed by atoms with Crippen LogP contribution in [0.15, 0.2) is 30.3 Å². The van der Waals surface area contributed by atoms with Crippen molar-refractivity contribution in [1.29, 1.82) is 0 Å². The summed E-state index contributed by atoms with van der Waals surface area (Å²) >= 11 is 0. The second-order valence-electron chi connectivity index (χ2n) is 2.66. The number of hydrazine groups is 1. The van der Waals surface area contributed by atoms with Crippen LogP contribution in [0, 0.1) is 0 Å². The van der Waals surface area contributed by atoms with Gasteiger partial charge in [0.1, 0.15) is 0 Å². The molecule has 0 aromatic heterocycles. The first kappa shape index (κ1) is 9.70. The van der Waals surface area contributed by atoms with E-state index in [0.717, 1.165) is 5.56 Å². The molecule has 70 valence electrons. The van der Waals surface area contributed by atoms with E-state index in [9.17, 15) is 4.79 Å². The normalized spacial score (nSPS) is 9.85. The highest BCUT2D eigenvalue weighted by Crippen LogP contribution is 1.95. The predicted octanol–water partition coefficient (Wildman–Crippen LogP) is -0.234. The summed E-state index contributed by atoms with van der Waals surface area (Å²) in [5, 5.41) is 0. The SMILES string of the molecule is NC(=O)CNNCc1ccccc1. The highest BCUT2D eigenvalue weighted by Gasteiger charge is 1.92. The quantitative estimate of drug-likeness (QED) is 0.432. The molecule has 1 amide bonds. The minimum Gasteiger partial charge on any atom is -0.369 e. The summed E-state index contributed by atoms with van der Waals surface area (Å²) < 4.78 is 0. The fourth-order valence-corrected chi connectivity index (χ4v) is 0.910. The van der Waals surface area contributed by atoms with Crippen molar-refractivity contribution < 1.29 is 4.79 Å². The maximum absolute atomic E-state index is 10.3. The van der Waals surface area contributed by atoms with Crippen molar-refractivity contribution in [3.63, 3.8) is 0 Å². The molecule has 4 heteroatoms. The monoisotopic (exact) mass is 179 g/mol. The van der Waals surface area contributed by atoms with Crippen molar-refractivity contribution in [2.45, 2.75) is 6.54 Å². The van der Waals surface area contributed by atoms with Gasteiger partial charge in [0, 0.05) is 6.54 Å². The second-order valence-corrected chi connectivity index (χ2v) is 2.66. The van der Waals surface area contributed by atoms with Crippen molar-refractivity contribution in [2.75, 3.05) is 6.54 Å². The number of primary amides is 1. The lowest BCUT2D eigenvalue weighted by Crippen LogP contribution is -2.38. The molecule has 1 aromatic carbocycles. The van der Waals surface area contributed by atoms with Crippen LogP contribution in [-0.4, -0.2) is 12.5 Å². The molecule has 13 heavy (non-hydrogen) atoms. The van der Waals surface area contributed by atoms with Gasteiger partial charge in [0.15, 0.2) is 0 Å². The molecule has 1 aromatic rings. The van der Waals surface area contributed by atoms with Gasteiger partial charge in [0.2, 0.25) is 5.91 Å². The number of nitrogens with one attached hydrogen (secondary N) is 2. The molecule has 0 atom stereocenters. The van der Waals surface area contributed by atoms with Gasteiger partial charge < -0.3 is 5.73 Å². The van der Waals surface area contributed by atoms with Crippen LogP contribution in [0.5, 0.6) is 0 Å². The Hall–Kier alpha value is -1.39. The van der Waals surface area contributed by atoms with Gasteiger partial charge in [-0.05, 0) is 5.56 Å². The van der Waals surface area contributed by atoms with Gasteiger partial charge >= 0.3 is 0 Å². The van der Waals surface area contributed by atoms with E-state index in [1.165, 1.54) is 0 Å². The van der Waals surface area contributed by atoms with Crippen LogP contribution in [0.25, 0.3) is 0 Å². The number of amides is 1. The van der Waals surface area contributed by atoms with Crippen LogP contribution >= 0.6 is 0 Å². The number of hydrogen-bond acceptors (Lipinski definition) is 3. The summed E-state index contributed by atoms with van der Waals surface area (Å²) in [4.78, 5) is 10.3. The summed E-state index contributed by atoms with van der Waals surface area (Å²) in [6.45, 7) is 0.820. The lowest BCUT2D eigenvalue weighted by Gasteiger charge is -2.04. The largest absolute Gasteiger partial charge is 0.369 e. The first-order chi connectivity index (χ1) is 6.29. The Kier molecular flexibility index (Phi) is 3.95. The lowest BCUT2D eigenvalue weighted by molar-refractivity contribution is -0.117. The molecular weight excluding hydrogens is 166 g/mol. The van der Waals surface area contributed by atoms with Crippen LogP contribution in [0.4, 0.5) is 0 Å². The molecule has 4 nitrogen and oxygen atoms in total.